The normalized spacial score (nSPS) is 24.6. The maximum atomic E-state index is 9.60. The molecule has 2 atom stereocenters. The molecule has 0 amide bonds. The second-order valence-electron chi connectivity index (χ2n) is 4.83. The Morgan fingerprint density at radius 1 is 1.53 bits per heavy atom. The summed E-state index contributed by atoms with van der Waals surface area (Å²) in [5.74, 6) is 1.62. The Kier molecular flexibility index (Phi) is 3.78. The minimum Gasteiger partial charge on any atom is -0.393 e. The Morgan fingerprint density at radius 3 is 3.12 bits per heavy atom. The maximum Gasteiger partial charge on any atom is 0.221 e. The molecule has 5 heteroatoms. The highest BCUT2D eigenvalue weighted by Gasteiger charge is 2.20. The average Bonchev–Trinajstić information content (AvgIpc) is 2.30. The van der Waals surface area contributed by atoms with Crippen LogP contribution in [0.5, 0.6) is 0 Å². The van der Waals surface area contributed by atoms with Gasteiger partial charge in [-0.15, -0.1) is 0 Å². The van der Waals surface area contributed by atoms with Crippen LogP contribution in [0.1, 0.15) is 31.2 Å². The number of hydrogen-bond acceptors (Lipinski definition) is 5. The van der Waals surface area contributed by atoms with Crippen LogP contribution in [0.3, 0.4) is 0 Å². The molecule has 1 saturated carbocycles. The van der Waals surface area contributed by atoms with Crippen molar-refractivity contribution in [2.45, 2.75) is 38.7 Å². The average molecular weight is 236 g/mol. The summed E-state index contributed by atoms with van der Waals surface area (Å²) >= 11 is 0. The lowest BCUT2D eigenvalue weighted by atomic mass is 9.87. The molecule has 17 heavy (non-hydrogen) atoms. The summed E-state index contributed by atoms with van der Waals surface area (Å²) in [5, 5.41) is 12.9. The molecule has 0 bridgehead atoms. The topological polar surface area (TPSA) is 84.1 Å². The van der Waals surface area contributed by atoms with Crippen molar-refractivity contribution < 1.29 is 5.11 Å². The van der Waals surface area contributed by atoms with Gasteiger partial charge in [0.05, 0.1) is 6.10 Å². The lowest BCUT2D eigenvalue weighted by Gasteiger charge is -2.26. The molecule has 0 aliphatic heterocycles. The van der Waals surface area contributed by atoms with Crippen LogP contribution in [-0.4, -0.2) is 27.7 Å². The van der Waals surface area contributed by atoms with Gasteiger partial charge in [-0.25, -0.2) is 4.98 Å². The Hall–Kier alpha value is -1.36. The zero-order valence-electron chi connectivity index (χ0n) is 10.2. The van der Waals surface area contributed by atoms with Crippen molar-refractivity contribution in [3.63, 3.8) is 0 Å². The van der Waals surface area contributed by atoms with Crippen LogP contribution in [0.2, 0.25) is 0 Å². The largest absolute Gasteiger partial charge is 0.393 e. The maximum absolute atomic E-state index is 9.60. The van der Waals surface area contributed by atoms with Crippen LogP contribution < -0.4 is 11.1 Å². The van der Waals surface area contributed by atoms with E-state index in [1.54, 1.807) is 6.20 Å². The monoisotopic (exact) mass is 236 g/mol. The van der Waals surface area contributed by atoms with Gasteiger partial charge in [0.25, 0.3) is 0 Å². The first kappa shape index (κ1) is 12.1. The van der Waals surface area contributed by atoms with Crippen molar-refractivity contribution in [3.8, 4) is 0 Å². The van der Waals surface area contributed by atoms with E-state index in [1.807, 2.05) is 6.92 Å². The van der Waals surface area contributed by atoms with Crippen molar-refractivity contribution in [2.75, 3.05) is 17.6 Å². The third kappa shape index (κ3) is 3.30. The van der Waals surface area contributed by atoms with E-state index in [2.05, 4.69) is 15.3 Å². The highest BCUT2D eigenvalue weighted by atomic mass is 16.3. The van der Waals surface area contributed by atoms with E-state index < -0.39 is 0 Å². The van der Waals surface area contributed by atoms with Gasteiger partial charge in [0, 0.05) is 18.3 Å². The molecule has 1 aliphatic carbocycles. The van der Waals surface area contributed by atoms with Crippen LogP contribution in [0.25, 0.3) is 0 Å². The summed E-state index contributed by atoms with van der Waals surface area (Å²) in [7, 11) is 0. The predicted molar refractivity (Wildman–Crippen MR) is 67.6 cm³/mol. The zero-order valence-corrected chi connectivity index (χ0v) is 10.2. The van der Waals surface area contributed by atoms with E-state index in [-0.39, 0.29) is 6.10 Å². The minimum absolute atomic E-state index is 0.132. The van der Waals surface area contributed by atoms with Crippen LogP contribution >= 0.6 is 0 Å². The molecule has 0 saturated heterocycles. The predicted octanol–water partition coefficient (Wildman–Crippen LogP) is 1.33. The standard InChI is InChI=1S/C12H20N4O/c1-8-6-15-12(13)16-11(8)14-7-9-3-2-4-10(17)5-9/h6,9-10,17H,2-5,7H2,1H3,(H3,13,14,15,16). The third-order valence-electron chi connectivity index (χ3n) is 3.30. The summed E-state index contributed by atoms with van der Waals surface area (Å²) < 4.78 is 0. The smallest absolute Gasteiger partial charge is 0.221 e. The van der Waals surface area contributed by atoms with Crippen molar-refractivity contribution in [1.82, 2.24) is 9.97 Å². The molecule has 1 fully saturated rings. The molecule has 1 aromatic rings. The Bertz CT molecular complexity index is 383. The molecule has 1 aliphatic rings. The van der Waals surface area contributed by atoms with Gasteiger partial charge >= 0.3 is 0 Å². The highest BCUT2D eigenvalue weighted by Crippen LogP contribution is 2.24. The molecule has 0 aromatic carbocycles. The van der Waals surface area contributed by atoms with Crippen molar-refractivity contribution in [3.05, 3.63) is 11.8 Å². The number of aliphatic hydroxyl groups is 1. The number of nitrogen functional groups attached to an aromatic ring is 1. The van der Waals surface area contributed by atoms with Gasteiger partial charge in [-0.3, -0.25) is 0 Å². The van der Waals surface area contributed by atoms with E-state index in [0.717, 1.165) is 37.2 Å². The van der Waals surface area contributed by atoms with E-state index in [4.69, 9.17) is 5.73 Å². The first-order valence-electron chi connectivity index (χ1n) is 6.16. The molecule has 1 aromatic heterocycles. The summed E-state index contributed by atoms with van der Waals surface area (Å²) in [6.45, 7) is 2.80. The van der Waals surface area contributed by atoms with Gasteiger partial charge in [-0.2, -0.15) is 4.98 Å². The second kappa shape index (κ2) is 5.31. The molecule has 2 unspecified atom stereocenters. The molecule has 0 radical (unpaired) electrons. The first-order valence-corrected chi connectivity index (χ1v) is 6.16. The van der Waals surface area contributed by atoms with Gasteiger partial charge in [0.1, 0.15) is 5.82 Å². The molecule has 4 N–H and O–H groups in total. The van der Waals surface area contributed by atoms with Crippen LogP contribution in [0, 0.1) is 12.8 Å². The number of rotatable bonds is 3. The van der Waals surface area contributed by atoms with Crippen LogP contribution in [-0.2, 0) is 0 Å². The van der Waals surface area contributed by atoms with E-state index >= 15 is 0 Å². The molecular weight excluding hydrogens is 216 g/mol. The molecule has 0 spiro atoms. The zero-order chi connectivity index (χ0) is 12.3. The fourth-order valence-corrected chi connectivity index (χ4v) is 2.32. The summed E-state index contributed by atoms with van der Waals surface area (Å²) in [5.41, 5.74) is 6.55. The van der Waals surface area contributed by atoms with Gasteiger partial charge in [0.2, 0.25) is 5.95 Å². The fourth-order valence-electron chi connectivity index (χ4n) is 2.32. The SMILES string of the molecule is Cc1cnc(N)nc1NCC1CCCC(O)C1. The number of nitrogens with zero attached hydrogens (tertiary/aromatic N) is 2. The van der Waals surface area contributed by atoms with Crippen molar-refractivity contribution in [2.24, 2.45) is 5.92 Å². The van der Waals surface area contributed by atoms with Gasteiger partial charge < -0.3 is 16.2 Å². The fraction of sp³-hybridized carbons (Fsp3) is 0.667. The van der Waals surface area contributed by atoms with Crippen molar-refractivity contribution >= 4 is 11.8 Å². The Morgan fingerprint density at radius 2 is 2.35 bits per heavy atom. The quantitative estimate of drug-likeness (QED) is 0.737. The van der Waals surface area contributed by atoms with E-state index in [9.17, 15) is 5.11 Å². The number of hydrogen-bond donors (Lipinski definition) is 3. The number of nitrogens with two attached hydrogens (primary N) is 1. The third-order valence-corrected chi connectivity index (χ3v) is 3.30. The lowest BCUT2D eigenvalue weighted by Crippen LogP contribution is -2.25. The van der Waals surface area contributed by atoms with E-state index in [1.165, 1.54) is 6.42 Å². The Labute approximate surface area is 101 Å². The van der Waals surface area contributed by atoms with Gasteiger partial charge in [-0.05, 0) is 32.1 Å². The Balaban J connectivity index is 1.90. The summed E-state index contributed by atoms with van der Waals surface area (Å²) in [6, 6.07) is 0. The molecule has 5 nitrogen and oxygen atoms in total. The van der Waals surface area contributed by atoms with Crippen LogP contribution in [0.15, 0.2) is 6.20 Å². The number of aliphatic hydroxyl groups excluding tert-OH is 1. The molecule has 1 heterocycles. The lowest BCUT2D eigenvalue weighted by molar-refractivity contribution is 0.104. The first-order chi connectivity index (χ1) is 8.15. The van der Waals surface area contributed by atoms with Gasteiger partial charge in [-0.1, -0.05) is 6.42 Å². The van der Waals surface area contributed by atoms with Gasteiger partial charge in [0.15, 0.2) is 0 Å². The summed E-state index contributed by atoms with van der Waals surface area (Å²) in [4.78, 5) is 8.10. The second-order valence-corrected chi connectivity index (χ2v) is 4.83. The minimum atomic E-state index is -0.132. The molecule has 94 valence electrons. The summed E-state index contributed by atoms with van der Waals surface area (Å²) in [6.07, 6.45) is 5.69. The molecular formula is C12H20N4O. The van der Waals surface area contributed by atoms with Crippen LogP contribution in [0.4, 0.5) is 11.8 Å². The highest BCUT2D eigenvalue weighted by molar-refractivity contribution is 5.45. The molecule has 2 rings (SSSR count). The number of aryl methyl sites for hydroxylation is 1. The number of anilines is 2. The number of nitrogens with one attached hydrogen (secondary N) is 1. The van der Waals surface area contributed by atoms with E-state index in [0.29, 0.717) is 11.9 Å². The van der Waals surface area contributed by atoms with Crippen molar-refractivity contribution in [1.29, 1.82) is 0 Å². The number of aromatic nitrogens is 2.